The highest BCUT2D eigenvalue weighted by atomic mass is 19.1. The number of benzene rings is 2. The molecular formula is C31H29F2N5O3. The summed E-state index contributed by atoms with van der Waals surface area (Å²) in [5.74, 6) is 0.209. The normalized spacial score (nSPS) is 13.1. The molecule has 4 heterocycles. The van der Waals surface area contributed by atoms with Gasteiger partial charge in [0.25, 0.3) is 0 Å². The first-order valence-electron chi connectivity index (χ1n) is 13.3. The molecule has 1 fully saturated rings. The topological polar surface area (TPSA) is 84.7 Å². The molecule has 2 N–H and O–H groups in total. The lowest BCUT2D eigenvalue weighted by molar-refractivity contribution is 0.387. The van der Waals surface area contributed by atoms with Gasteiger partial charge < -0.3 is 29.4 Å². The van der Waals surface area contributed by atoms with Crippen LogP contribution in [0.1, 0.15) is 18.4 Å². The summed E-state index contributed by atoms with van der Waals surface area (Å²) in [7, 11) is 3.13. The molecule has 1 aliphatic heterocycles. The van der Waals surface area contributed by atoms with Crippen LogP contribution in [0.15, 0.2) is 67.0 Å². The van der Waals surface area contributed by atoms with Crippen molar-refractivity contribution in [3.63, 3.8) is 0 Å². The molecule has 0 saturated carbocycles. The lowest BCUT2D eigenvalue weighted by Crippen LogP contribution is -2.17. The van der Waals surface area contributed by atoms with E-state index < -0.39 is 11.6 Å². The number of halogens is 2. The summed E-state index contributed by atoms with van der Waals surface area (Å²) in [6, 6.07) is 14.5. The van der Waals surface area contributed by atoms with Crippen LogP contribution < -0.4 is 19.7 Å². The first-order chi connectivity index (χ1) is 19.9. The van der Waals surface area contributed by atoms with Gasteiger partial charge in [0.1, 0.15) is 29.0 Å². The lowest BCUT2D eigenvalue weighted by atomic mass is 10.1. The van der Waals surface area contributed by atoms with Crippen molar-refractivity contribution < 1.29 is 23.4 Å². The Kier molecular flexibility index (Phi) is 7.05. The Morgan fingerprint density at radius 3 is 2.44 bits per heavy atom. The van der Waals surface area contributed by atoms with Crippen LogP contribution in [0.5, 0.6) is 17.4 Å². The van der Waals surface area contributed by atoms with Gasteiger partial charge in [-0.1, -0.05) is 6.07 Å². The van der Waals surface area contributed by atoms with E-state index in [-0.39, 0.29) is 23.7 Å². The van der Waals surface area contributed by atoms with Gasteiger partial charge in [0.2, 0.25) is 5.88 Å². The molecule has 0 bridgehead atoms. The van der Waals surface area contributed by atoms with Crippen molar-refractivity contribution in [2.75, 3.05) is 37.5 Å². The van der Waals surface area contributed by atoms with E-state index in [1.807, 2.05) is 18.2 Å². The molecule has 8 nitrogen and oxygen atoms in total. The van der Waals surface area contributed by atoms with E-state index in [9.17, 15) is 13.9 Å². The van der Waals surface area contributed by atoms with Gasteiger partial charge in [0.05, 0.1) is 60.5 Å². The van der Waals surface area contributed by atoms with Gasteiger partial charge in [-0.25, -0.2) is 18.7 Å². The van der Waals surface area contributed by atoms with Gasteiger partial charge in [-0.05, 0) is 55.3 Å². The summed E-state index contributed by atoms with van der Waals surface area (Å²) in [5.41, 5.74) is 2.42. The van der Waals surface area contributed by atoms with Gasteiger partial charge in [-0.15, -0.1) is 0 Å². The minimum Gasteiger partial charge on any atom is -0.497 e. The van der Waals surface area contributed by atoms with E-state index in [4.69, 9.17) is 9.47 Å². The minimum atomic E-state index is -0.734. The molecule has 1 aliphatic rings. The molecule has 6 rings (SSSR count). The number of pyridine rings is 2. The van der Waals surface area contributed by atoms with Gasteiger partial charge >= 0.3 is 0 Å². The average molecular weight is 558 g/mol. The van der Waals surface area contributed by atoms with Crippen molar-refractivity contribution in [3.8, 4) is 28.6 Å². The third kappa shape index (κ3) is 5.08. The number of aromatic nitrogens is 3. The van der Waals surface area contributed by atoms with E-state index in [0.717, 1.165) is 37.2 Å². The summed E-state index contributed by atoms with van der Waals surface area (Å²) in [6.45, 7) is 2.25. The Bertz CT molecular complexity index is 1700. The minimum absolute atomic E-state index is 0.0675. The van der Waals surface area contributed by atoms with Gasteiger partial charge in [-0.3, -0.25) is 0 Å². The first kappa shape index (κ1) is 26.4. The molecule has 0 radical (unpaired) electrons. The molecule has 0 unspecified atom stereocenters. The fourth-order valence-electron chi connectivity index (χ4n) is 5.26. The third-order valence-electron chi connectivity index (χ3n) is 7.36. The Morgan fingerprint density at radius 2 is 1.76 bits per heavy atom. The number of methoxy groups -OCH3 is 2. The number of aromatic hydroxyl groups is 1. The number of rotatable bonds is 8. The standard InChI is InChI=1S/C31H29F2N5O3/c1-40-21-10-8-19(27(14-21)41-2)17-38-18-26-30(31(38)39)25(15-24(35-26)29-22(32)6-5-7-23(29)33)36-28-11-9-20(16-34-28)37-12-3-4-13-37/h5-11,14-16,18,39H,3-4,12-13,17H2,1-2H3,(H,34,36). The molecule has 210 valence electrons. The number of fused-ring (bicyclic) bond motifs is 1. The number of nitrogens with zero attached hydrogens (tertiary/aromatic N) is 4. The maximum absolute atomic E-state index is 14.8. The quantitative estimate of drug-likeness (QED) is 0.226. The Labute approximate surface area is 235 Å². The molecule has 2 aromatic carbocycles. The van der Waals surface area contributed by atoms with Crippen LogP contribution in [0.3, 0.4) is 0 Å². The zero-order valence-corrected chi connectivity index (χ0v) is 22.7. The number of hydrogen-bond acceptors (Lipinski definition) is 7. The third-order valence-corrected chi connectivity index (χ3v) is 7.36. The zero-order valence-electron chi connectivity index (χ0n) is 22.7. The van der Waals surface area contributed by atoms with Crippen molar-refractivity contribution in [1.82, 2.24) is 14.5 Å². The van der Waals surface area contributed by atoms with Crippen molar-refractivity contribution in [2.24, 2.45) is 0 Å². The Hall–Kier alpha value is -4.86. The monoisotopic (exact) mass is 557 g/mol. The molecule has 3 aromatic heterocycles. The summed E-state index contributed by atoms with van der Waals surface area (Å²) in [4.78, 5) is 11.4. The summed E-state index contributed by atoms with van der Waals surface area (Å²) >= 11 is 0. The van der Waals surface area contributed by atoms with Crippen molar-refractivity contribution in [3.05, 3.63) is 84.2 Å². The van der Waals surface area contributed by atoms with E-state index in [2.05, 4.69) is 20.2 Å². The fourth-order valence-corrected chi connectivity index (χ4v) is 5.26. The second-order valence-corrected chi connectivity index (χ2v) is 9.89. The number of ether oxygens (including phenoxy) is 2. The molecule has 1 saturated heterocycles. The largest absolute Gasteiger partial charge is 0.497 e. The first-order valence-corrected chi connectivity index (χ1v) is 13.3. The molecule has 10 heteroatoms. The van der Waals surface area contributed by atoms with Gasteiger partial charge in [0, 0.05) is 30.9 Å². The Morgan fingerprint density at radius 1 is 0.976 bits per heavy atom. The van der Waals surface area contributed by atoms with Crippen LogP contribution in [0.4, 0.5) is 26.0 Å². The second kappa shape index (κ2) is 11.0. The zero-order chi connectivity index (χ0) is 28.5. The summed E-state index contributed by atoms with van der Waals surface area (Å²) in [5, 5.41) is 15.0. The van der Waals surface area contributed by atoms with E-state index in [1.165, 1.54) is 24.3 Å². The summed E-state index contributed by atoms with van der Waals surface area (Å²) in [6.07, 6.45) is 5.75. The number of anilines is 3. The van der Waals surface area contributed by atoms with Crippen molar-refractivity contribution >= 4 is 28.1 Å². The van der Waals surface area contributed by atoms with Crippen LogP contribution in [0.2, 0.25) is 0 Å². The predicted molar refractivity (Wildman–Crippen MR) is 154 cm³/mol. The van der Waals surface area contributed by atoms with E-state index in [0.29, 0.717) is 33.9 Å². The van der Waals surface area contributed by atoms with Crippen LogP contribution in [0.25, 0.3) is 22.2 Å². The fraction of sp³-hybridized carbons (Fsp3) is 0.226. The Balaban J connectivity index is 1.44. The summed E-state index contributed by atoms with van der Waals surface area (Å²) < 4.78 is 42.0. The second-order valence-electron chi connectivity index (χ2n) is 9.89. The van der Waals surface area contributed by atoms with E-state index in [1.54, 1.807) is 43.3 Å². The molecule has 5 aromatic rings. The average Bonchev–Trinajstić information content (AvgIpc) is 3.62. The SMILES string of the molecule is COc1ccc(Cn2cc3nc(-c4c(F)cccc4F)cc(Nc4ccc(N5CCCC5)cn4)c3c2O)c(OC)c1. The van der Waals surface area contributed by atoms with Crippen LogP contribution in [0, 0.1) is 11.6 Å². The molecule has 0 atom stereocenters. The highest BCUT2D eigenvalue weighted by molar-refractivity contribution is 5.99. The smallest absolute Gasteiger partial charge is 0.203 e. The lowest BCUT2D eigenvalue weighted by Gasteiger charge is -2.17. The van der Waals surface area contributed by atoms with Crippen LogP contribution in [-0.2, 0) is 6.54 Å². The van der Waals surface area contributed by atoms with Gasteiger partial charge in [-0.2, -0.15) is 0 Å². The molecule has 41 heavy (non-hydrogen) atoms. The highest BCUT2D eigenvalue weighted by Crippen LogP contribution is 2.39. The van der Waals surface area contributed by atoms with Crippen molar-refractivity contribution in [1.29, 1.82) is 0 Å². The maximum atomic E-state index is 14.8. The number of hydrogen-bond donors (Lipinski definition) is 2. The number of nitrogens with one attached hydrogen (secondary N) is 1. The maximum Gasteiger partial charge on any atom is 0.203 e. The molecule has 0 spiro atoms. The van der Waals surface area contributed by atoms with E-state index >= 15 is 0 Å². The predicted octanol–water partition coefficient (Wildman–Crippen LogP) is 6.49. The molecular weight excluding hydrogens is 528 g/mol. The van der Waals surface area contributed by atoms with Crippen molar-refractivity contribution in [2.45, 2.75) is 19.4 Å². The van der Waals surface area contributed by atoms with Crippen LogP contribution >= 0.6 is 0 Å². The highest BCUT2D eigenvalue weighted by Gasteiger charge is 2.21. The van der Waals surface area contributed by atoms with Gasteiger partial charge in [0.15, 0.2) is 0 Å². The van der Waals surface area contributed by atoms with Crippen LogP contribution in [-0.4, -0.2) is 47.0 Å². The molecule has 0 aliphatic carbocycles. The molecule has 0 amide bonds.